The maximum absolute atomic E-state index is 13.7. The normalized spacial score (nSPS) is 16.9. The second-order valence-corrected chi connectivity index (χ2v) is 12.1. The molecular formula is C33H29N3O7S2. The molecule has 0 spiro atoms. The molecule has 12 heteroatoms. The average molecular weight is 644 g/mol. The Bertz CT molecular complexity index is 1770. The molecule has 4 aromatic rings. The summed E-state index contributed by atoms with van der Waals surface area (Å²) in [6, 6.07) is 18.9. The van der Waals surface area contributed by atoms with E-state index in [2.05, 4.69) is 16.8 Å². The number of Topliss-reactive ketones (excluding diaryl/α,β-unsaturated/α-hetero) is 1. The van der Waals surface area contributed by atoms with Gasteiger partial charge in [-0.15, -0.1) is 10.2 Å². The molecule has 45 heavy (non-hydrogen) atoms. The number of carbonyl (C=O) groups is 2. The van der Waals surface area contributed by atoms with Crippen LogP contribution in [-0.4, -0.2) is 53.4 Å². The van der Waals surface area contributed by atoms with Crippen molar-refractivity contribution in [2.45, 2.75) is 23.1 Å². The molecule has 2 aliphatic rings. The fourth-order valence-corrected chi connectivity index (χ4v) is 6.82. The third kappa shape index (κ3) is 6.24. The van der Waals surface area contributed by atoms with Crippen LogP contribution in [0.5, 0.6) is 23.0 Å². The lowest BCUT2D eigenvalue weighted by molar-refractivity contribution is -0.132. The van der Waals surface area contributed by atoms with Gasteiger partial charge in [-0.2, -0.15) is 0 Å². The second kappa shape index (κ2) is 13.4. The molecule has 0 aliphatic carbocycles. The summed E-state index contributed by atoms with van der Waals surface area (Å²) < 4.78 is 23.6. The van der Waals surface area contributed by atoms with Crippen molar-refractivity contribution < 1.29 is 33.6 Å². The van der Waals surface area contributed by atoms with Gasteiger partial charge in [0.05, 0.1) is 18.2 Å². The fourth-order valence-electron chi connectivity index (χ4n) is 5.00. The third-order valence-corrected chi connectivity index (χ3v) is 9.13. The van der Waals surface area contributed by atoms with E-state index in [1.807, 2.05) is 37.3 Å². The highest BCUT2D eigenvalue weighted by Gasteiger charge is 2.48. The van der Waals surface area contributed by atoms with E-state index >= 15 is 0 Å². The average Bonchev–Trinajstić information content (AvgIpc) is 3.64. The molecule has 1 saturated heterocycles. The van der Waals surface area contributed by atoms with Crippen LogP contribution in [0.15, 0.2) is 89.3 Å². The van der Waals surface area contributed by atoms with Crippen molar-refractivity contribution >= 4 is 45.7 Å². The minimum atomic E-state index is -1.04. The van der Waals surface area contributed by atoms with Gasteiger partial charge in [0.1, 0.15) is 25.6 Å². The number of carbonyl (C=O) groups excluding carboxylic acids is 2. The largest absolute Gasteiger partial charge is 0.507 e. The SMILES string of the molecule is C=CCOc1ccc(C2/C(=C(\O)c3ccc4c(c3)OCCO4)C(=O)C(=O)N2c2nnc(SCc3ccccc3)s2)cc1OCC. The lowest BCUT2D eigenvalue weighted by Crippen LogP contribution is -2.29. The number of ketones is 1. The van der Waals surface area contributed by atoms with E-state index in [1.54, 1.807) is 42.5 Å². The second-order valence-electron chi connectivity index (χ2n) is 9.89. The van der Waals surface area contributed by atoms with E-state index in [0.29, 0.717) is 64.0 Å². The molecule has 1 N–H and O–H groups in total. The van der Waals surface area contributed by atoms with Crippen LogP contribution in [0.3, 0.4) is 0 Å². The van der Waals surface area contributed by atoms with Crippen LogP contribution in [-0.2, 0) is 15.3 Å². The van der Waals surface area contributed by atoms with Crippen LogP contribution in [0.4, 0.5) is 5.13 Å². The summed E-state index contributed by atoms with van der Waals surface area (Å²) >= 11 is 2.67. The van der Waals surface area contributed by atoms with Gasteiger partial charge in [-0.3, -0.25) is 14.5 Å². The van der Waals surface area contributed by atoms with Crippen LogP contribution in [0.25, 0.3) is 5.76 Å². The number of aliphatic hydroxyl groups excluding tert-OH is 1. The Labute approximate surface area is 267 Å². The summed E-state index contributed by atoms with van der Waals surface area (Å²) in [6.07, 6.45) is 1.62. The molecule has 1 fully saturated rings. The van der Waals surface area contributed by atoms with Gasteiger partial charge in [-0.25, -0.2) is 0 Å². The highest BCUT2D eigenvalue weighted by Crippen LogP contribution is 2.46. The molecule has 230 valence electrons. The molecule has 6 rings (SSSR count). The van der Waals surface area contributed by atoms with Crippen LogP contribution in [0.2, 0.25) is 0 Å². The molecule has 3 aromatic carbocycles. The summed E-state index contributed by atoms with van der Waals surface area (Å²) in [6.45, 7) is 6.91. The first-order valence-electron chi connectivity index (χ1n) is 14.2. The molecule has 1 unspecified atom stereocenters. The van der Waals surface area contributed by atoms with Gasteiger partial charge < -0.3 is 24.1 Å². The lowest BCUT2D eigenvalue weighted by atomic mass is 9.95. The number of aromatic nitrogens is 2. The Morgan fingerprint density at radius 3 is 2.62 bits per heavy atom. The Morgan fingerprint density at radius 2 is 1.84 bits per heavy atom. The van der Waals surface area contributed by atoms with Crippen molar-refractivity contribution in [2.24, 2.45) is 0 Å². The van der Waals surface area contributed by atoms with Gasteiger partial charge in [-0.1, -0.05) is 72.2 Å². The zero-order valence-corrected chi connectivity index (χ0v) is 25.9. The number of amides is 1. The minimum absolute atomic E-state index is 0.104. The Balaban J connectivity index is 1.43. The van der Waals surface area contributed by atoms with Crippen molar-refractivity contribution in [3.05, 3.63) is 102 Å². The molecule has 0 saturated carbocycles. The summed E-state index contributed by atoms with van der Waals surface area (Å²) in [7, 11) is 0. The van der Waals surface area contributed by atoms with Gasteiger partial charge in [0, 0.05) is 11.3 Å². The molecule has 1 amide bonds. The number of hydrogen-bond acceptors (Lipinski definition) is 11. The van der Waals surface area contributed by atoms with E-state index in [1.165, 1.54) is 28.0 Å². The number of fused-ring (bicyclic) bond motifs is 1. The van der Waals surface area contributed by atoms with Gasteiger partial charge >= 0.3 is 5.91 Å². The fraction of sp³-hybridized carbons (Fsp3) is 0.212. The van der Waals surface area contributed by atoms with Gasteiger partial charge in [0.25, 0.3) is 5.78 Å². The Hall–Kier alpha value is -4.81. The van der Waals surface area contributed by atoms with E-state index in [9.17, 15) is 14.7 Å². The molecule has 0 radical (unpaired) electrons. The molecule has 2 aliphatic heterocycles. The van der Waals surface area contributed by atoms with Crippen LogP contribution in [0, 0.1) is 0 Å². The number of ether oxygens (including phenoxy) is 4. The first-order valence-corrected chi connectivity index (χ1v) is 16.0. The van der Waals surface area contributed by atoms with Crippen LogP contribution in [0.1, 0.15) is 29.7 Å². The molecule has 3 heterocycles. The quantitative estimate of drug-likeness (QED) is 0.0506. The maximum Gasteiger partial charge on any atom is 0.301 e. The van der Waals surface area contributed by atoms with E-state index in [4.69, 9.17) is 18.9 Å². The van der Waals surface area contributed by atoms with Crippen LogP contribution < -0.4 is 23.8 Å². The van der Waals surface area contributed by atoms with E-state index in [0.717, 1.165) is 5.56 Å². The van der Waals surface area contributed by atoms with Gasteiger partial charge in [0.15, 0.2) is 27.3 Å². The standard InChI is InChI=1S/C33H29N3O7S2/c1-3-14-41-23-12-10-21(17-25(23)40-4-2)28-27(29(37)22-11-13-24-26(18-22)43-16-15-42-24)30(38)31(39)36(28)32-34-35-33(45-32)44-19-20-8-6-5-7-9-20/h3,5-13,17-18,28,37H,1,4,14-16,19H2,2H3/b29-27+. The van der Waals surface area contributed by atoms with Crippen molar-refractivity contribution in [2.75, 3.05) is 31.3 Å². The topological polar surface area (TPSA) is 120 Å². The highest BCUT2D eigenvalue weighted by molar-refractivity contribution is 8.00. The van der Waals surface area contributed by atoms with Crippen molar-refractivity contribution in [3.8, 4) is 23.0 Å². The molecule has 0 bridgehead atoms. The number of rotatable bonds is 11. The van der Waals surface area contributed by atoms with Gasteiger partial charge in [0.2, 0.25) is 5.13 Å². The predicted molar refractivity (Wildman–Crippen MR) is 171 cm³/mol. The summed E-state index contributed by atoms with van der Waals surface area (Å²) in [5, 5.41) is 20.5. The molecule has 10 nitrogen and oxygen atoms in total. The Morgan fingerprint density at radius 1 is 1.04 bits per heavy atom. The number of anilines is 1. The first-order chi connectivity index (χ1) is 22.0. The van der Waals surface area contributed by atoms with Crippen molar-refractivity contribution in [3.63, 3.8) is 0 Å². The van der Waals surface area contributed by atoms with Crippen molar-refractivity contribution in [1.82, 2.24) is 10.2 Å². The van der Waals surface area contributed by atoms with Crippen LogP contribution >= 0.6 is 23.1 Å². The lowest BCUT2D eigenvalue weighted by Gasteiger charge is -2.24. The zero-order chi connectivity index (χ0) is 31.3. The number of aliphatic hydroxyl groups is 1. The molecular weight excluding hydrogens is 615 g/mol. The molecule has 1 aromatic heterocycles. The van der Waals surface area contributed by atoms with Gasteiger partial charge in [-0.05, 0) is 48.4 Å². The number of benzene rings is 3. The zero-order valence-electron chi connectivity index (χ0n) is 24.3. The summed E-state index contributed by atoms with van der Waals surface area (Å²) in [5.41, 5.74) is 1.82. The predicted octanol–water partition coefficient (Wildman–Crippen LogP) is 6.19. The number of nitrogens with zero attached hydrogens (tertiary/aromatic N) is 3. The summed E-state index contributed by atoms with van der Waals surface area (Å²) in [4.78, 5) is 28.7. The monoisotopic (exact) mass is 643 g/mol. The minimum Gasteiger partial charge on any atom is -0.507 e. The molecule has 1 atom stereocenters. The van der Waals surface area contributed by atoms with E-state index in [-0.39, 0.29) is 23.1 Å². The third-order valence-electron chi connectivity index (χ3n) is 7.01. The Kier molecular flexibility index (Phi) is 9.03. The highest BCUT2D eigenvalue weighted by atomic mass is 32.2. The summed E-state index contributed by atoms with van der Waals surface area (Å²) in [5.74, 6) is 0.462. The maximum atomic E-state index is 13.7. The number of thioether (sulfide) groups is 1. The first kappa shape index (κ1) is 30.2. The smallest absolute Gasteiger partial charge is 0.301 e. The number of hydrogen-bond donors (Lipinski definition) is 1. The van der Waals surface area contributed by atoms with Crippen molar-refractivity contribution in [1.29, 1.82) is 0 Å². The van der Waals surface area contributed by atoms with E-state index < -0.39 is 17.7 Å².